The van der Waals surface area contributed by atoms with Gasteiger partial charge in [-0.05, 0) is 103 Å². The number of nitrogens with one attached hydrogen (secondary N) is 8. The van der Waals surface area contributed by atoms with Gasteiger partial charge in [-0.2, -0.15) is 5.10 Å². The topological polar surface area (TPSA) is 396 Å². The van der Waals surface area contributed by atoms with E-state index in [-0.39, 0.29) is 82.8 Å². The number of aliphatic imine (C=N–C) groups is 1. The van der Waals surface area contributed by atoms with Crippen LogP contribution in [0.15, 0.2) is 94.5 Å². The number of guanidine groups is 1. The van der Waals surface area contributed by atoms with E-state index in [1.165, 1.54) is 29.8 Å². The number of amides is 7. The molecule has 1 unspecified atom stereocenters. The molecule has 0 bridgehead atoms. The van der Waals surface area contributed by atoms with Gasteiger partial charge in [-0.3, -0.25) is 44.0 Å². The van der Waals surface area contributed by atoms with E-state index in [1.54, 1.807) is 0 Å². The molecule has 14 N–H and O–H groups in total. The van der Waals surface area contributed by atoms with Gasteiger partial charge in [-0.15, -0.1) is 0 Å². The molecular formula is C62H83FN12O15. The van der Waals surface area contributed by atoms with Crippen molar-refractivity contribution in [3.63, 3.8) is 0 Å². The van der Waals surface area contributed by atoms with Crippen molar-refractivity contribution in [2.24, 2.45) is 45.2 Å². The number of hydrazone groups is 1. The molecule has 3 fully saturated rings. The summed E-state index contributed by atoms with van der Waals surface area (Å²) in [6.07, 6.45) is 2.82. The summed E-state index contributed by atoms with van der Waals surface area (Å²) in [5.74, 6) is -5.08. The molecule has 8 atom stereocenters. The van der Waals surface area contributed by atoms with E-state index < -0.39 is 97.9 Å². The molecule has 488 valence electrons. The molecule has 0 spiro atoms. The number of unbranched alkanes of at least 4 members (excludes halogenated alkanes) is 1. The molecule has 3 aromatic carbocycles. The van der Waals surface area contributed by atoms with Crippen molar-refractivity contribution in [1.82, 2.24) is 42.6 Å². The van der Waals surface area contributed by atoms with E-state index in [0.29, 0.717) is 62.8 Å². The van der Waals surface area contributed by atoms with Crippen LogP contribution < -0.4 is 54.1 Å². The minimum Gasteiger partial charge on any atom is -0.508 e. The minimum absolute atomic E-state index is 0.00417. The van der Waals surface area contributed by atoms with E-state index in [1.807, 2.05) is 42.5 Å². The lowest BCUT2D eigenvalue weighted by atomic mass is 9.78. The number of nitrogens with two attached hydrogens (primary N) is 2. The fourth-order valence-corrected chi connectivity index (χ4v) is 11.1. The predicted octanol–water partition coefficient (Wildman–Crippen LogP) is 1.16. The van der Waals surface area contributed by atoms with Crippen LogP contribution in [-0.4, -0.2) is 179 Å². The van der Waals surface area contributed by atoms with Gasteiger partial charge in [0.2, 0.25) is 35.4 Å². The molecule has 0 radical (unpaired) electrons. The highest BCUT2D eigenvalue weighted by atomic mass is 19.1. The number of benzene rings is 3. The average Bonchev–Trinajstić information content (AvgIpc) is 1.95. The van der Waals surface area contributed by atoms with Gasteiger partial charge in [-0.25, -0.2) is 9.18 Å². The number of alkyl halides is 1. The summed E-state index contributed by atoms with van der Waals surface area (Å²) in [4.78, 5) is 108. The number of carboxylic acids is 1. The molecule has 7 amide bonds. The SMILES string of the molecule is NC(N)=NC[C@@H]1NC(=O)[C@H](CCCCNC(=O)CCOCCNC(=O)OCc2ccc(C3=C4CC[C@@H]5[C@H](CCC4C(c4ccccc4)=NN3)[C@@H]5COCCOCCOCCF)cc2)NC(=O)[C@@H](Cc2ccc(O)cc2)NC(=O)[C@H](CC(=O)O)NC(=O)CNC1=O. The van der Waals surface area contributed by atoms with E-state index in [0.717, 1.165) is 53.8 Å². The molecule has 2 aliphatic carbocycles. The number of aliphatic carboxylic acids is 1. The molecular weight excluding hydrogens is 1170 g/mol. The van der Waals surface area contributed by atoms with Gasteiger partial charge in [-0.1, -0.05) is 66.7 Å². The number of hydrogen-bond donors (Lipinski definition) is 12. The fraction of sp³-hybridized carbons (Fsp3) is 0.516. The number of aromatic hydroxyl groups is 1. The first kappa shape index (κ1) is 68.8. The lowest BCUT2D eigenvalue weighted by Gasteiger charge is -2.31. The number of phenolic OH excluding ortho intramolecular Hbond substituents is 1. The van der Waals surface area contributed by atoms with Crippen LogP contribution in [0, 0.1) is 23.7 Å². The Morgan fingerprint density at radius 1 is 0.678 bits per heavy atom. The Morgan fingerprint density at radius 2 is 1.34 bits per heavy atom. The first-order valence-corrected chi connectivity index (χ1v) is 30.4. The third-order valence-electron chi connectivity index (χ3n) is 15.8. The van der Waals surface area contributed by atoms with Gasteiger partial charge in [0.15, 0.2) is 5.96 Å². The van der Waals surface area contributed by atoms with Crippen molar-refractivity contribution in [3.8, 4) is 5.75 Å². The van der Waals surface area contributed by atoms with Crippen LogP contribution in [0.4, 0.5) is 9.18 Å². The Bertz CT molecular complexity index is 2990. The lowest BCUT2D eigenvalue weighted by Crippen LogP contribution is -2.58. The zero-order valence-electron chi connectivity index (χ0n) is 50.2. The van der Waals surface area contributed by atoms with Gasteiger partial charge in [0.25, 0.3) is 0 Å². The number of allylic oxidation sites excluding steroid dienone is 1. The molecule has 27 nitrogen and oxygen atoms in total. The lowest BCUT2D eigenvalue weighted by molar-refractivity contribution is -0.141. The Hall–Kier alpha value is -8.73. The number of carboxylic acid groups (broad SMARTS) is 1. The Kier molecular flexibility index (Phi) is 27.5. The summed E-state index contributed by atoms with van der Waals surface area (Å²) in [6, 6.07) is 17.9. The van der Waals surface area contributed by atoms with Crippen LogP contribution in [-0.2, 0) is 70.3 Å². The third-order valence-corrected chi connectivity index (χ3v) is 15.8. The Balaban J connectivity index is 0.833. The second kappa shape index (κ2) is 36.1. The van der Waals surface area contributed by atoms with Crippen LogP contribution in [0.5, 0.6) is 5.75 Å². The quantitative estimate of drug-likeness (QED) is 0.0244. The van der Waals surface area contributed by atoms with Gasteiger partial charge >= 0.3 is 12.1 Å². The van der Waals surface area contributed by atoms with E-state index in [9.17, 15) is 53.0 Å². The van der Waals surface area contributed by atoms with Gasteiger partial charge in [0, 0.05) is 31.8 Å². The number of fused-ring (bicyclic) bond motifs is 2. The molecule has 90 heavy (non-hydrogen) atoms. The van der Waals surface area contributed by atoms with Crippen LogP contribution in [0.2, 0.25) is 0 Å². The summed E-state index contributed by atoms with van der Waals surface area (Å²) in [5, 5.41) is 41.9. The van der Waals surface area contributed by atoms with Gasteiger partial charge < -0.3 is 82.6 Å². The van der Waals surface area contributed by atoms with E-state index >= 15 is 0 Å². The highest BCUT2D eigenvalue weighted by molar-refractivity contribution is 6.06. The Morgan fingerprint density at radius 3 is 2.08 bits per heavy atom. The largest absolute Gasteiger partial charge is 0.508 e. The summed E-state index contributed by atoms with van der Waals surface area (Å²) in [7, 11) is 0. The fourth-order valence-electron chi connectivity index (χ4n) is 11.1. The average molecular weight is 1260 g/mol. The van der Waals surface area contributed by atoms with Crippen molar-refractivity contribution in [3.05, 3.63) is 107 Å². The smallest absolute Gasteiger partial charge is 0.407 e. The van der Waals surface area contributed by atoms with Crippen molar-refractivity contribution in [2.75, 3.05) is 85.7 Å². The number of alkyl carbamates (subject to hydrolysis) is 1. The molecule has 0 aromatic heterocycles. The van der Waals surface area contributed by atoms with Gasteiger partial charge in [0.1, 0.15) is 43.2 Å². The maximum absolute atomic E-state index is 14.0. The first-order valence-electron chi connectivity index (χ1n) is 30.4. The highest BCUT2D eigenvalue weighted by Crippen LogP contribution is 2.55. The maximum Gasteiger partial charge on any atom is 0.407 e. The van der Waals surface area contributed by atoms with E-state index in [2.05, 4.69) is 59.8 Å². The summed E-state index contributed by atoms with van der Waals surface area (Å²) in [6.45, 7) is 1.27. The van der Waals surface area contributed by atoms with Crippen LogP contribution in [0.1, 0.15) is 80.0 Å². The number of carbonyl (C=O) groups is 8. The number of carbonyl (C=O) groups excluding carboxylic acids is 7. The van der Waals surface area contributed by atoms with Crippen molar-refractivity contribution >= 4 is 64.9 Å². The normalized spacial score (nSPS) is 22.1. The molecule has 2 heterocycles. The molecule has 7 rings (SSSR count). The maximum atomic E-state index is 14.0. The highest BCUT2D eigenvalue weighted by Gasteiger charge is 2.51. The molecule has 2 aliphatic heterocycles. The summed E-state index contributed by atoms with van der Waals surface area (Å²) >= 11 is 0. The van der Waals surface area contributed by atoms with Gasteiger partial charge in [0.05, 0.1) is 83.8 Å². The molecule has 4 aliphatic rings. The number of nitrogens with zero attached hydrogens (tertiary/aromatic N) is 2. The zero-order valence-corrected chi connectivity index (χ0v) is 50.2. The number of hydrogen-bond acceptors (Lipinski definition) is 17. The Labute approximate surface area is 520 Å². The molecule has 28 heteroatoms. The van der Waals surface area contributed by atoms with Crippen LogP contribution in [0.25, 0.3) is 5.70 Å². The number of halogens is 1. The zero-order chi connectivity index (χ0) is 64.2. The predicted molar refractivity (Wildman–Crippen MR) is 326 cm³/mol. The monoisotopic (exact) mass is 1250 g/mol. The van der Waals surface area contributed by atoms with Crippen molar-refractivity contribution in [2.45, 2.75) is 95.0 Å². The molecule has 1 saturated heterocycles. The van der Waals surface area contributed by atoms with Crippen molar-refractivity contribution in [1.29, 1.82) is 0 Å². The van der Waals surface area contributed by atoms with Crippen LogP contribution >= 0.6 is 0 Å². The second-order valence-electron chi connectivity index (χ2n) is 22.2. The first-order chi connectivity index (χ1) is 43.6. The summed E-state index contributed by atoms with van der Waals surface area (Å²) < 4.78 is 40.0. The number of phenols is 1. The number of ether oxygens (including phenoxy) is 5. The summed E-state index contributed by atoms with van der Waals surface area (Å²) in [5.41, 5.74) is 21.1. The minimum atomic E-state index is -1.68. The second-order valence-corrected chi connectivity index (χ2v) is 22.2. The number of rotatable bonds is 31. The van der Waals surface area contributed by atoms with Crippen molar-refractivity contribution < 1.29 is 76.6 Å². The van der Waals surface area contributed by atoms with Crippen LogP contribution in [0.3, 0.4) is 0 Å². The molecule has 3 aromatic rings. The third kappa shape index (κ3) is 22.4. The standard InChI is InChI=1S/C62H83FN12O15/c63-22-26-87-28-29-88-30-31-89-37-47-43-17-19-45-46(20-18-44(43)47)56(75-74-55(45)40-6-2-1-3-7-40)41-13-9-39(10-14-41)36-90-62(85)67-24-27-86-25-21-52(77)66-23-5-4-8-48-58(82)73-51(34-69-61(64)65)57(81)68-35-53(78)70-50(33-54(79)80)60(84)72-49(59(83)71-48)32-38-11-15-42(76)16-12-38/h1-3,6-7,9-16,43-45,47-51,75-76H,4-5,8,17-37H2,(H,66,77)(H,67,85)(H,68,81)(H,70,78)(H,71,83)(H,72,84)(H,73,82)(H,79,80)(H4,64,65,69)/t43-,44+,45?,47-,48-,49+,50-,51-/m0/s1. The molecule has 2 saturated carbocycles. The van der Waals surface area contributed by atoms with E-state index in [4.69, 9.17) is 40.3 Å².